The Labute approximate surface area is 278 Å². The summed E-state index contributed by atoms with van der Waals surface area (Å²) in [6.07, 6.45) is -1.61. The topological polar surface area (TPSA) is 147 Å². The summed E-state index contributed by atoms with van der Waals surface area (Å²) in [5.41, 5.74) is -0.775. The molecule has 6 atom stereocenters. The van der Waals surface area contributed by atoms with E-state index in [0.29, 0.717) is 36.4 Å². The van der Waals surface area contributed by atoms with Gasteiger partial charge in [-0.2, -0.15) is 0 Å². The molecule has 48 heavy (non-hydrogen) atoms. The molecule has 0 radical (unpaired) electrons. The van der Waals surface area contributed by atoms with Gasteiger partial charge in [0.1, 0.15) is 11.4 Å². The number of rotatable bonds is 9. The van der Waals surface area contributed by atoms with Gasteiger partial charge in [0.2, 0.25) is 12.2 Å². The summed E-state index contributed by atoms with van der Waals surface area (Å²) in [5, 5.41) is 12.5. The standard InChI is InChI=1S/C36H41NO11/c1-20(38)44-25(32(40)48-34(2,3)4)19-27(39)46-29(21-10-8-7-9-11-21)33(41)45-24-14-15-36(42)26-18-22-12-13-23(43-6)30-28(22)35(36,31(24)47-30)16-17-37(26)5/h7-14,25-26,29,31,42H,15-19H2,1-6H3/t25-,26-,29-,31-,35-,36+/m0/s1. The van der Waals surface area contributed by atoms with Gasteiger partial charge in [-0.1, -0.05) is 36.4 Å². The normalized spacial score (nSPS) is 26.5. The van der Waals surface area contributed by atoms with Crippen molar-refractivity contribution in [2.45, 2.75) is 94.3 Å². The van der Waals surface area contributed by atoms with Gasteiger partial charge >= 0.3 is 23.9 Å². The Morgan fingerprint density at radius 2 is 1.79 bits per heavy atom. The van der Waals surface area contributed by atoms with Crippen molar-refractivity contribution in [1.29, 1.82) is 0 Å². The van der Waals surface area contributed by atoms with Gasteiger partial charge in [-0.25, -0.2) is 9.59 Å². The Bertz CT molecular complexity index is 1660. The predicted molar refractivity (Wildman–Crippen MR) is 169 cm³/mol. The molecule has 0 aromatic heterocycles. The second kappa shape index (κ2) is 12.2. The number of hydrogen-bond acceptors (Lipinski definition) is 12. The third-order valence-corrected chi connectivity index (χ3v) is 9.67. The number of carbonyl (C=O) groups is 4. The summed E-state index contributed by atoms with van der Waals surface area (Å²) in [7, 11) is 3.56. The van der Waals surface area contributed by atoms with E-state index in [2.05, 4.69) is 4.90 Å². The summed E-state index contributed by atoms with van der Waals surface area (Å²) in [6, 6.07) is 12.0. The monoisotopic (exact) mass is 663 g/mol. The predicted octanol–water partition coefficient (Wildman–Crippen LogP) is 3.46. The molecule has 2 aromatic rings. The van der Waals surface area contributed by atoms with Crippen LogP contribution in [0.2, 0.25) is 0 Å². The van der Waals surface area contributed by atoms with Gasteiger partial charge in [0.25, 0.3) is 0 Å². The number of likely N-dealkylation sites (N-methyl/N-ethyl adjacent to an activating group) is 1. The highest BCUT2D eigenvalue weighted by atomic mass is 16.6. The lowest BCUT2D eigenvalue weighted by Crippen LogP contribution is -2.74. The van der Waals surface area contributed by atoms with Crippen LogP contribution in [0.3, 0.4) is 0 Å². The van der Waals surface area contributed by atoms with Crippen molar-refractivity contribution in [3.05, 3.63) is 71.0 Å². The van der Waals surface area contributed by atoms with Crippen LogP contribution in [0.15, 0.2) is 54.3 Å². The van der Waals surface area contributed by atoms with Crippen molar-refractivity contribution in [3.63, 3.8) is 0 Å². The first-order chi connectivity index (χ1) is 22.7. The van der Waals surface area contributed by atoms with E-state index in [1.807, 2.05) is 19.2 Å². The quantitative estimate of drug-likeness (QED) is 0.310. The third-order valence-electron chi connectivity index (χ3n) is 9.67. The number of nitrogens with zero attached hydrogens (tertiary/aromatic N) is 1. The zero-order valence-corrected chi connectivity index (χ0v) is 27.9. The highest BCUT2D eigenvalue weighted by molar-refractivity contribution is 5.86. The average Bonchev–Trinajstić information content (AvgIpc) is 3.38. The molecule has 2 aromatic carbocycles. The van der Waals surface area contributed by atoms with Crippen LogP contribution in [0.4, 0.5) is 0 Å². The van der Waals surface area contributed by atoms with Crippen LogP contribution in [0.1, 0.15) is 69.8 Å². The van der Waals surface area contributed by atoms with E-state index in [4.69, 9.17) is 28.4 Å². The molecule has 12 nitrogen and oxygen atoms in total. The molecule has 12 heteroatoms. The second-order valence-electron chi connectivity index (χ2n) is 13.8. The minimum absolute atomic E-state index is 0.189. The number of hydrogen-bond donors (Lipinski definition) is 1. The maximum absolute atomic E-state index is 14.0. The number of ether oxygens (including phenoxy) is 6. The Hall–Kier alpha value is -4.42. The average molecular weight is 664 g/mol. The molecule has 2 heterocycles. The summed E-state index contributed by atoms with van der Waals surface area (Å²) < 4.78 is 34.3. The van der Waals surface area contributed by atoms with Crippen molar-refractivity contribution in [1.82, 2.24) is 4.90 Å². The first-order valence-electron chi connectivity index (χ1n) is 16.0. The van der Waals surface area contributed by atoms with Gasteiger partial charge in [0.15, 0.2) is 17.6 Å². The first kappa shape index (κ1) is 33.5. The van der Waals surface area contributed by atoms with Gasteiger partial charge in [-0.15, -0.1) is 0 Å². The number of aliphatic hydroxyl groups is 1. The van der Waals surface area contributed by atoms with Crippen molar-refractivity contribution >= 4 is 23.9 Å². The molecule has 0 unspecified atom stereocenters. The number of carbonyl (C=O) groups excluding carboxylic acids is 4. The van der Waals surface area contributed by atoms with Crippen LogP contribution in [-0.2, 0) is 50.0 Å². The van der Waals surface area contributed by atoms with Crippen molar-refractivity contribution < 1.29 is 52.7 Å². The Morgan fingerprint density at radius 1 is 1.06 bits per heavy atom. The largest absolute Gasteiger partial charge is 0.493 e. The Morgan fingerprint density at radius 3 is 2.46 bits per heavy atom. The zero-order chi connectivity index (χ0) is 34.6. The lowest BCUT2D eigenvalue weighted by Gasteiger charge is -2.61. The smallest absolute Gasteiger partial charge is 0.357 e. The Kier molecular flexibility index (Phi) is 8.53. The van der Waals surface area contributed by atoms with Gasteiger partial charge in [0, 0.05) is 30.5 Å². The number of benzene rings is 2. The van der Waals surface area contributed by atoms with Gasteiger partial charge < -0.3 is 38.4 Å². The SMILES string of the molecule is COc1ccc2c3c1O[C@H]1C(OC(=O)[C@@H](OC(=O)C[C@H](OC(C)=O)C(=O)OC(C)(C)C)c4ccccc4)=CC[C@@]4(O)[C@H](C2)N(C)CC[C@]314. The van der Waals surface area contributed by atoms with Crippen LogP contribution in [0.5, 0.6) is 11.5 Å². The molecule has 256 valence electrons. The van der Waals surface area contributed by atoms with E-state index < -0.39 is 65.2 Å². The summed E-state index contributed by atoms with van der Waals surface area (Å²) in [5.74, 6) is -2.38. The lowest BCUT2D eigenvalue weighted by molar-refractivity contribution is -0.182. The summed E-state index contributed by atoms with van der Waals surface area (Å²) >= 11 is 0. The van der Waals surface area contributed by atoms with E-state index in [1.165, 1.54) is 0 Å². The van der Waals surface area contributed by atoms with Crippen LogP contribution in [0.25, 0.3) is 0 Å². The molecular formula is C36H41NO11. The number of esters is 4. The molecule has 6 rings (SSSR count). The first-order valence-corrected chi connectivity index (χ1v) is 16.0. The zero-order valence-electron chi connectivity index (χ0n) is 27.9. The van der Waals surface area contributed by atoms with E-state index in [9.17, 15) is 24.3 Å². The Balaban J connectivity index is 1.29. The fourth-order valence-electron chi connectivity index (χ4n) is 7.71. The summed E-state index contributed by atoms with van der Waals surface area (Å²) in [4.78, 5) is 54.0. The van der Waals surface area contributed by atoms with Crippen molar-refractivity contribution in [2.24, 2.45) is 0 Å². The number of likely N-dealkylation sites (tertiary alicyclic amines) is 1. The number of piperidine rings is 1. The molecule has 1 spiro atoms. The van der Waals surface area contributed by atoms with E-state index in [1.54, 1.807) is 64.3 Å². The fraction of sp³-hybridized carbons (Fsp3) is 0.500. The number of methoxy groups -OCH3 is 1. The molecule has 0 amide bonds. The fourth-order valence-corrected chi connectivity index (χ4v) is 7.71. The van der Waals surface area contributed by atoms with Crippen LogP contribution in [-0.4, -0.2) is 84.0 Å². The van der Waals surface area contributed by atoms with E-state index >= 15 is 0 Å². The van der Waals surface area contributed by atoms with Gasteiger partial charge in [-0.3, -0.25) is 9.59 Å². The van der Waals surface area contributed by atoms with Crippen LogP contribution < -0.4 is 9.47 Å². The molecule has 4 aliphatic rings. The van der Waals surface area contributed by atoms with E-state index in [0.717, 1.165) is 18.1 Å². The minimum Gasteiger partial charge on any atom is -0.493 e. The molecule has 1 fully saturated rings. The molecule has 1 saturated heterocycles. The second-order valence-corrected chi connectivity index (χ2v) is 13.8. The van der Waals surface area contributed by atoms with Gasteiger partial charge in [-0.05, 0) is 64.9 Å². The minimum atomic E-state index is -1.59. The maximum Gasteiger partial charge on any atom is 0.357 e. The molecule has 2 aliphatic heterocycles. The van der Waals surface area contributed by atoms with Gasteiger partial charge in [0.05, 0.1) is 24.5 Å². The van der Waals surface area contributed by atoms with Crippen LogP contribution in [0, 0.1) is 0 Å². The van der Waals surface area contributed by atoms with Crippen molar-refractivity contribution in [3.8, 4) is 11.5 Å². The maximum atomic E-state index is 14.0. The molecule has 2 bridgehead atoms. The third kappa shape index (κ3) is 5.60. The molecule has 0 saturated carbocycles. The lowest BCUT2D eigenvalue weighted by atomic mass is 9.50. The molecule has 2 aliphatic carbocycles. The van der Waals surface area contributed by atoms with E-state index in [-0.39, 0.29) is 18.2 Å². The highest BCUT2D eigenvalue weighted by Gasteiger charge is 2.72. The van der Waals surface area contributed by atoms with Crippen molar-refractivity contribution in [2.75, 3.05) is 20.7 Å². The van der Waals surface area contributed by atoms with Crippen LogP contribution >= 0.6 is 0 Å². The molecule has 1 N–H and O–H groups in total. The highest BCUT2D eigenvalue weighted by Crippen LogP contribution is 2.65. The summed E-state index contributed by atoms with van der Waals surface area (Å²) in [6.45, 7) is 6.70. The molecular weight excluding hydrogens is 622 g/mol.